The lowest BCUT2D eigenvalue weighted by Gasteiger charge is -2.67. The number of esters is 2. The average Bonchev–Trinajstić information content (AvgIpc) is 3.31. The molecule has 2 saturated carbocycles. The largest absolute Gasteiger partial charge is 0.472 e. The molecule has 7 nitrogen and oxygen atoms in total. The van der Waals surface area contributed by atoms with Crippen LogP contribution in [0.1, 0.15) is 66.1 Å². The minimum Gasteiger partial charge on any atom is -0.472 e. The zero-order chi connectivity index (χ0) is 25.1. The Morgan fingerprint density at radius 1 is 1.11 bits per heavy atom. The van der Waals surface area contributed by atoms with Crippen molar-refractivity contribution in [3.63, 3.8) is 0 Å². The molecule has 10 atom stereocenters. The molecule has 0 aromatic carbocycles. The van der Waals surface area contributed by atoms with Gasteiger partial charge in [-0.2, -0.15) is 0 Å². The summed E-state index contributed by atoms with van der Waals surface area (Å²) in [4.78, 5) is 38.6. The average molecular weight is 483 g/mol. The van der Waals surface area contributed by atoms with Gasteiger partial charge in [0, 0.05) is 29.2 Å². The summed E-state index contributed by atoms with van der Waals surface area (Å²) in [6, 6.07) is 1.84. The second kappa shape index (κ2) is 6.87. The lowest BCUT2D eigenvalue weighted by Crippen LogP contribution is -2.71. The number of hydrogen-bond donors (Lipinski definition) is 0. The number of cyclic esters (lactones) is 1. The molecule has 6 rings (SSSR count). The van der Waals surface area contributed by atoms with Crippen LogP contribution in [0.2, 0.25) is 0 Å². The summed E-state index contributed by atoms with van der Waals surface area (Å²) in [6.07, 6.45) is 6.77. The van der Waals surface area contributed by atoms with E-state index in [2.05, 4.69) is 26.8 Å². The summed E-state index contributed by atoms with van der Waals surface area (Å²) < 4.78 is 23.9. The van der Waals surface area contributed by atoms with Crippen LogP contribution in [0.4, 0.5) is 0 Å². The van der Waals surface area contributed by atoms with Gasteiger partial charge in [-0.05, 0) is 48.2 Å². The van der Waals surface area contributed by atoms with E-state index in [1.165, 1.54) is 6.92 Å². The van der Waals surface area contributed by atoms with E-state index in [1.54, 1.807) is 18.6 Å². The van der Waals surface area contributed by atoms with Crippen molar-refractivity contribution in [3.05, 3.63) is 36.3 Å². The Morgan fingerprint density at radius 2 is 1.86 bits per heavy atom. The zero-order valence-corrected chi connectivity index (χ0v) is 21.2. The molecule has 0 amide bonds. The third kappa shape index (κ3) is 2.63. The van der Waals surface area contributed by atoms with Crippen LogP contribution in [0.15, 0.2) is 35.2 Å². The molecule has 1 spiro atoms. The maximum absolute atomic E-state index is 13.2. The highest BCUT2D eigenvalue weighted by Gasteiger charge is 2.85. The van der Waals surface area contributed by atoms with E-state index in [0.29, 0.717) is 6.42 Å². The standard InChI is InChI=1S/C28H34O7/c1-14-11-18-26(5)9-7-19(30)25(3,4)17(26)12-20(33-15(2)29)27(18,6)28-21(14)22(16-8-10-32-13-16)34-24(31)23(28)35-28/h7-10,13-14,17-18,20-23H,11-12H2,1-6H3. The molecule has 1 aromatic rings. The van der Waals surface area contributed by atoms with Crippen LogP contribution in [-0.2, 0) is 28.6 Å². The van der Waals surface area contributed by atoms with Crippen LogP contribution < -0.4 is 0 Å². The monoisotopic (exact) mass is 482 g/mol. The molecule has 2 saturated heterocycles. The van der Waals surface area contributed by atoms with E-state index in [9.17, 15) is 14.4 Å². The quantitative estimate of drug-likeness (QED) is 0.455. The molecule has 35 heavy (non-hydrogen) atoms. The summed E-state index contributed by atoms with van der Waals surface area (Å²) in [7, 11) is 0. The third-order valence-electron chi connectivity index (χ3n) is 10.6. The Bertz CT molecular complexity index is 1130. The molecular weight excluding hydrogens is 448 g/mol. The van der Waals surface area contributed by atoms with Gasteiger partial charge in [-0.3, -0.25) is 9.59 Å². The van der Waals surface area contributed by atoms with Crippen LogP contribution >= 0.6 is 0 Å². The van der Waals surface area contributed by atoms with Crippen molar-refractivity contribution in [1.29, 1.82) is 0 Å². The zero-order valence-electron chi connectivity index (χ0n) is 21.2. The van der Waals surface area contributed by atoms with Crippen molar-refractivity contribution in [2.24, 2.45) is 39.9 Å². The molecule has 0 bridgehead atoms. The van der Waals surface area contributed by atoms with Gasteiger partial charge in [-0.15, -0.1) is 0 Å². The van der Waals surface area contributed by atoms with Crippen LogP contribution in [0.3, 0.4) is 0 Å². The van der Waals surface area contributed by atoms with Crippen molar-refractivity contribution < 1.29 is 33.0 Å². The lowest BCUT2D eigenvalue weighted by atomic mass is 9.37. The predicted molar refractivity (Wildman–Crippen MR) is 124 cm³/mol. The third-order valence-corrected chi connectivity index (χ3v) is 10.6. The van der Waals surface area contributed by atoms with E-state index < -0.39 is 34.7 Å². The number of rotatable bonds is 2. The van der Waals surface area contributed by atoms with E-state index >= 15 is 0 Å². The number of fused-ring (bicyclic) bond motifs is 3. The van der Waals surface area contributed by atoms with Gasteiger partial charge in [0.15, 0.2) is 11.9 Å². The highest BCUT2D eigenvalue weighted by Crippen LogP contribution is 2.77. The highest BCUT2D eigenvalue weighted by molar-refractivity contribution is 5.95. The number of hydrogen-bond acceptors (Lipinski definition) is 7. The summed E-state index contributed by atoms with van der Waals surface area (Å²) in [5.74, 6) is -0.542. The number of allylic oxidation sites excluding steroid dienone is 2. The van der Waals surface area contributed by atoms with Gasteiger partial charge in [0.1, 0.15) is 17.8 Å². The fourth-order valence-electron chi connectivity index (χ4n) is 9.01. The van der Waals surface area contributed by atoms with Gasteiger partial charge in [-0.1, -0.05) is 40.7 Å². The summed E-state index contributed by atoms with van der Waals surface area (Å²) >= 11 is 0. The number of epoxide rings is 1. The predicted octanol–water partition coefficient (Wildman–Crippen LogP) is 4.42. The number of ketones is 1. The second-order valence-corrected chi connectivity index (χ2v) is 12.5. The molecule has 0 radical (unpaired) electrons. The normalized spacial score (nSPS) is 49.1. The molecule has 2 aliphatic heterocycles. The molecule has 1 aromatic heterocycles. The molecule has 5 aliphatic rings. The van der Waals surface area contributed by atoms with Crippen molar-refractivity contribution in [3.8, 4) is 0 Å². The summed E-state index contributed by atoms with van der Waals surface area (Å²) in [5, 5.41) is 0. The Hall–Kier alpha value is -2.41. The van der Waals surface area contributed by atoms with Gasteiger partial charge in [0.2, 0.25) is 0 Å². The second-order valence-electron chi connectivity index (χ2n) is 12.5. The molecule has 3 heterocycles. The van der Waals surface area contributed by atoms with E-state index in [0.717, 1.165) is 12.0 Å². The highest BCUT2D eigenvalue weighted by atomic mass is 16.7. The van der Waals surface area contributed by atoms with Crippen molar-refractivity contribution in [2.45, 2.75) is 78.3 Å². The molecule has 0 N–H and O–H groups in total. The molecular formula is C28H34O7. The van der Waals surface area contributed by atoms with Gasteiger partial charge in [-0.25, -0.2) is 4.79 Å². The summed E-state index contributed by atoms with van der Waals surface area (Å²) in [6.45, 7) is 12.0. The minimum atomic E-state index is -0.819. The maximum Gasteiger partial charge on any atom is 0.339 e. The fraction of sp³-hybridized carbons (Fsp3) is 0.679. The maximum atomic E-state index is 13.2. The Labute approximate surface area is 205 Å². The molecule has 4 fully saturated rings. The fourth-order valence-corrected chi connectivity index (χ4v) is 9.01. The first-order valence-electron chi connectivity index (χ1n) is 12.7. The van der Waals surface area contributed by atoms with E-state index in [4.69, 9.17) is 18.6 Å². The van der Waals surface area contributed by atoms with Crippen molar-refractivity contribution in [2.75, 3.05) is 0 Å². The van der Waals surface area contributed by atoms with Crippen LogP contribution in [-0.4, -0.2) is 35.5 Å². The van der Waals surface area contributed by atoms with Crippen LogP contribution in [0.25, 0.3) is 0 Å². The molecule has 188 valence electrons. The molecule has 7 heteroatoms. The SMILES string of the molecule is CC(=O)OC1CC2C(C)(C)C(=O)C=CC2(C)C2CC(C)C3C(c4ccoc4)OC(=O)C4OC43C12C. The lowest BCUT2D eigenvalue weighted by molar-refractivity contribution is -0.240. The van der Waals surface area contributed by atoms with Crippen LogP contribution in [0, 0.1) is 39.9 Å². The van der Waals surface area contributed by atoms with Crippen LogP contribution in [0.5, 0.6) is 0 Å². The Balaban J connectivity index is 1.55. The first-order valence-corrected chi connectivity index (χ1v) is 12.7. The number of carbonyl (C=O) groups excluding carboxylic acids is 3. The van der Waals surface area contributed by atoms with Crippen molar-refractivity contribution >= 4 is 17.7 Å². The van der Waals surface area contributed by atoms with Gasteiger partial charge >= 0.3 is 11.9 Å². The molecule has 3 aliphatic carbocycles. The Morgan fingerprint density at radius 3 is 2.51 bits per heavy atom. The van der Waals surface area contributed by atoms with Crippen molar-refractivity contribution in [1.82, 2.24) is 0 Å². The topological polar surface area (TPSA) is 95.3 Å². The first-order chi connectivity index (χ1) is 16.4. The van der Waals surface area contributed by atoms with E-state index in [1.807, 2.05) is 19.9 Å². The minimum absolute atomic E-state index is 0.00696. The smallest absolute Gasteiger partial charge is 0.339 e. The number of carbonyl (C=O) groups is 3. The first kappa shape index (κ1) is 23.0. The summed E-state index contributed by atoms with van der Waals surface area (Å²) in [5.41, 5.74) is -1.55. The van der Waals surface area contributed by atoms with E-state index in [-0.39, 0.29) is 46.8 Å². The number of ether oxygens (including phenoxy) is 3. The number of furan rings is 1. The van der Waals surface area contributed by atoms with Gasteiger partial charge < -0.3 is 18.6 Å². The van der Waals surface area contributed by atoms with Gasteiger partial charge in [0.25, 0.3) is 0 Å². The Kier molecular flexibility index (Phi) is 4.52. The molecule has 10 unspecified atom stereocenters. The van der Waals surface area contributed by atoms with Gasteiger partial charge in [0.05, 0.1) is 12.5 Å².